The van der Waals surface area contributed by atoms with Crippen LogP contribution in [0.15, 0.2) is 28.9 Å². The Kier molecular flexibility index (Phi) is 3.99. The van der Waals surface area contributed by atoms with E-state index in [1.54, 1.807) is 6.26 Å². The van der Waals surface area contributed by atoms with Crippen LogP contribution < -0.4 is 5.32 Å². The summed E-state index contributed by atoms with van der Waals surface area (Å²) in [5.74, 6) is -0.0493. The van der Waals surface area contributed by atoms with Gasteiger partial charge in [0.15, 0.2) is 0 Å². The average molecular weight is 247 g/mol. The molecule has 0 unspecified atom stereocenters. The number of aliphatic hydroxyl groups is 1. The van der Waals surface area contributed by atoms with Crippen molar-refractivity contribution in [2.45, 2.75) is 19.8 Å². The first kappa shape index (κ1) is 12.6. The molecule has 1 amide bonds. The predicted molar refractivity (Wildman–Crippen MR) is 69.4 cm³/mol. The standard InChI is InChI=1S/C14H17NO3/c1-10-3-4-12-11(9-18-13(12)7-10)8-14(17)15-5-2-6-16/h3-4,7,9,16H,2,5-6,8H2,1H3,(H,15,17). The number of nitrogens with one attached hydrogen (secondary N) is 1. The molecule has 2 N–H and O–H groups in total. The Morgan fingerprint density at radius 1 is 1.44 bits per heavy atom. The van der Waals surface area contributed by atoms with E-state index in [0.29, 0.717) is 19.4 Å². The maximum Gasteiger partial charge on any atom is 0.224 e. The van der Waals surface area contributed by atoms with Gasteiger partial charge < -0.3 is 14.8 Å². The molecular weight excluding hydrogens is 230 g/mol. The van der Waals surface area contributed by atoms with Gasteiger partial charge in [-0.05, 0) is 25.0 Å². The molecule has 0 saturated heterocycles. The van der Waals surface area contributed by atoms with Crippen LogP contribution in [-0.4, -0.2) is 24.2 Å². The molecule has 2 aromatic rings. The first-order valence-corrected chi connectivity index (χ1v) is 6.05. The number of carbonyl (C=O) groups excluding carboxylic acids is 1. The van der Waals surface area contributed by atoms with Gasteiger partial charge >= 0.3 is 0 Å². The van der Waals surface area contributed by atoms with Crippen LogP contribution in [-0.2, 0) is 11.2 Å². The van der Waals surface area contributed by atoms with E-state index in [2.05, 4.69) is 5.32 Å². The molecule has 18 heavy (non-hydrogen) atoms. The highest BCUT2D eigenvalue weighted by molar-refractivity contribution is 5.87. The number of aryl methyl sites for hydroxylation is 1. The summed E-state index contributed by atoms with van der Waals surface area (Å²) >= 11 is 0. The molecule has 0 bridgehead atoms. The maximum absolute atomic E-state index is 11.7. The second-order valence-corrected chi connectivity index (χ2v) is 4.36. The molecule has 1 aromatic heterocycles. The molecule has 0 radical (unpaired) electrons. The molecule has 0 spiro atoms. The van der Waals surface area contributed by atoms with Crippen molar-refractivity contribution >= 4 is 16.9 Å². The van der Waals surface area contributed by atoms with Crippen LogP contribution in [0.4, 0.5) is 0 Å². The van der Waals surface area contributed by atoms with Gasteiger partial charge in [0.25, 0.3) is 0 Å². The van der Waals surface area contributed by atoms with Gasteiger partial charge in [-0.15, -0.1) is 0 Å². The van der Waals surface area contributed by atoms with Gasteiger partial charge in [0.05, 0.1) is 12.7 Å². The van der Waals surface area contributed by atoms with E-state index >= 15 is 0 Å². The molecule has 1 heterocycles. The summed E-state index contributed by atoms with van der Waals surface area (Å²) in [7, 11) is 0. The minimum atomic E-state index is -0.0493. The van der Waals surface area contributed by atoms with Crippen LogP contribution in [0, 0.1) is 6.92 Å². The summed E-state index contributed by atoms with van der Waals surface area (Å²) in [4.78, 5) is 11.7. The lowest BCUT2D eigenvalue weighted by molar-refractivity contribution is -0.120. The number of hydrogen-bond acceptors (Lipinski definition) is 3. The highest BCUT2D eigenvalue weighted by Crippen LogP contribution is 2.22. The van der Waals surface area contributed by atoms with Crippen molar-refractivity contribution in [2.24, 2.45) is 0 Å². The van der Waals surface area contributed by atoms with Crippen molar-refractivity contribution < 1.29 is 14.3 Å². The van der Waals surface area contributed by atoms with Crippen molar-refractivity contribution in [1.29, 1.82) is 0 Å². The van der Waals surface area contributed by atoms with E-state index in [0.717, 1.165) is 22.1 Å². The van der Waals surface area contributed by atoms with Crippen molar-refractivity contribution in [1.82, 2.24) is 5.32 Å². The summed E-state index contributed by atoms with van der Waals surface area (Å²) in [6.07, 6.45) is 2.52. The van der Waals surface area contributed by atoms with E-state index in [4.69, 9.17) is 9.52 Å². The molecule has 0 atom stereocenters. The summed E-state index contributed by atoms with van der Waals surface area (Å²) in [6, 6.07) is 5.94. The minimum absolute atomic E-state index is 0.0493. The van der Waals surface area contributed by atoms with E-state index in [9.17, 15) is 4.79 Å². The van der Waals surface area contributed by atoms with Crippen LogP contribution in [0.3, 0.4) is 0 Å². The smallest absolute Gasteiger partial charge is 0.224 e. The second kappa shape index (κ2) is 5.69. The van der Waals surface area contributed by atoms with Crippen LogP contribution in [0.1, 0.15) is 17.5 Å². The van der Waals surface area contributed by atoms with Crippen LogP contribution in [0.5, 0.6) is 0 Å². The Morgan fingerprint density at radius 2 is 2.28 bits per heavy atom. The number of hydrogen-bond donors (Lipinski definition) is 2. The Balaban J connectivity index is 2.05. The van der Waals surface area contributed by atoms with Crippen LogP contribution >= 0.6 is 0 Å². The fourth-order valence-electron chi connectivity index (χ4n) is 1.87. The lowest BCUT2D eigenvalue weighted by Gasteiger charge is -2.02. The molecule has 2 rings (SSSR count). The molecule has 1 aromatic carbocycles. The third-order valence-electron chi connectivity index (χ3n) is 2.82. The summed E-state index contributed by atoms with van der Waals surface area (Å²) in [6.45, 7) is 2.60. The average Bonchev–Trinajstić information content (AvgIpc) is 2.72. The molecule has 0 aliphatic heterocycles. The summed E-state index contributed by atoms with van der Waals surface area (Å²) in [5.41, 5.74) is 2.84. The fourth-order valence-corrected chi connectivity index (χ4v) is 1.87. The highest BCUT2D eigenvalue weighted by atomic mass is 16.3. The Morgan fingerprint density at radius 3 is 3.06 bits per heavy atom. The number of aliphatic hydroxyl groups excluding tert-OH is 1. The first-order chi connectivity index (χ1) is 8.70. The van der Waals surface area contributed by atoms with Crippen molar-refractivity contribution in [3.05, 3.63) is 35.6 Å². The van der Waals surface area contributed by atoms with E-state index in [1.165, 1.54) is 0 Å². The molecular formula is C14H17NO3. The number of amides is 1. The third-order valence-corrected chi connectivity index (χ3v) is 2.82. The molecule has 0 aliphatic rings. The largest absolute Gasteiger partial charge is 0.464 e. The molecule has 96 valence electrons. The van der Waals surface area contributed by atoms with Gasteiger partial charge in [0, 0.05) is 24.1 Å². The predicted octanol–water partition coefficient (Wildman–Crippen LogP) is 1.78. The van der Waals surface area contributed by atoms with E-state index < -0.39 is 0 Å². The van der Waals surface area contributed by atoms with Gasteiger partial charge in [0.1, 0.15) is 5.58 Å². The van der Waals surface area contributed by atoms with E-state index in [1.807, 2.05) is 25.1 Å². The van der Waals surface area contributed by atoms with Crippen LogP contribution in [0.25, 0.3) is 11.0 Å². The molecule has 4 nitrogen and oxygen atoms in total. The topological polar surface area (TPSA) is 62.5 Å². The second-order valence-electron chi connectivity index (χ2n) is 4.36. The number of carbonyl (C=O) groups is 1. The van der Waals surface area contributed by atoms with Crippen molar-refractivity contribution in [3.63, 3.8) is 0 Å². The molecule has 0 saturated carbocycles. The summed E-state index contributed by atoms with van der Waals surface area (Å²) < 4.78 is 5.44. The Hall–Kier alpha value is -1.81. The molecule has 0 aliphatic carbocycles. The number of benzene rings is 1. The summed E-state index contributed by atoms with van der Waals surface area (Å²) in [5, 5.41) is 12.4. The van der Waals surface area contributed by atoms with Gasteiger partial charge in [0.2, 0.25) is 5.91 Å². The first-order valence-electron chi connectivity index (χ1n) is 6.05. The molecule has 0 fully saturated rings. The normalized spacial score (nSPS) is 10.8. The van der Waals surface area contributed by atoms with Crippen LogP contribution in [0.2, 0.25) is 0 Å². The lowest BCUT2D eigenvalue weighted by Crippen LogP contribution is -2.26. The Labute approximate surface area is 106 Å². The van der Waals surface area contributed by atoms with E-state index in [-0.39, 0.29) is 12.5 Å². The minimum Gasteiger partial charge on any atom is -0.464 e. The highest BCUT2D eigenvalue weighted by Gasteiger charge is 2.09. The zero-order valence-electron chi connectivity index (χ0n) is 10.4. The Bertz CT molecular complexity index is 545. The SMILES string of the molecule is Cc1ccc2c(CC(=O)NCCCO)coc2c1. The lowest BCUT2D eigenvalue weighted by atomic mass is 10.1. The van der Waals surface area contributed by atoms with Gasteiger partial charge in [-0.2, -0.15) is 0 Å². The maximum atomic E-state index is 11.7. The third kappa shape index (κ3) is 2.90. The molecule has 4 heteroatoms. The number of furan rings is 1. The fraction of sp³-hybridized carbons (Fsp3) is 0.357. The zero-order valence-corrected chi connectivity index (χ0v) is 10.4. The van der Waals surface area contributed by atoms with Gasteiger partial charge in [-0.3, -0.25) is 4.79 Å². The van der Waals surface area contributed by atoms with Gasteiger partial charge in [-0.25, -0.2) is 0 Å². The number of rotatable bonds is 5. The monoisotopic (exact) mass is 247 g/mol. The van der Waals surface area contributed by atoms with Gasteiger partial charge in [-0.1, -0.05) is 12.1 Å². The van der Waals surface area contributed by atoms with Crippen molar-refractivity contribution in [2.75, 3.05) is 13.2 Å². The number of fused-ring (bicyclic) bond motifs is 1. The van der Waals surface area contributed by atoms with Crippen molar-refractivity contribution in [3.8, 4) is 0 Å². The quantitative estimate of drug-likeness (QED) is 0.792. The zero-order chi connectivity index (χ0) is 13.0.